The van der Waals surface area contributed by atoms with E-state index in [1.54, 1.807) is 7.11 Å². The second-order valence-corrected chi connectivity index (χ2v) is 6.22. The Bertz CT molecular complexity index is 897. The molecule has 0 aromatic heterocycles. The van der Waals surface area contributed by atoms with Crippen LogP contribution >= 0.6 is 0 Å². The highest BCUT2D eigenvalue weighted by atomic mass is 16.5. The third-order valence-electron chi connectivity index (χ3n) is 4.17. The lowest BCUT2D eigenvalue weighted by molar-refractivity contribution is -0.119. The number of hydrogen-bond donors (Lipinski definition) is 2. The summed E-state index contributed by atoms with van der Waals surface area (Å²) < 4.78 is 11.1. The van der Waals surface area contributed by atoms with Crippen LogP contribution in [-0.4, -0.2) is 26.1 Å². The van der Waals surface area contributed by atoms with Gasteiger partial charge in [0, 0.05) is 6.54 Å². The zero-order chi connectivity index (χ0) is 19.6. The van der Waals surface area contributed by atoms with Gasteiger partial charge >= 0.3 is 0 Å². The number of nitrogens with one attached hydrogen (secondary N) is 2. The maximum Gasteiger partial charge on any atom is 0.239 e. The zero-order valence-corrected chi connectivity index (χ0v) is 15.9. The Morgan fingerprint density at radius 3 is 2.46 bits per heavy atom. The summed E-state index contributed by atoms with van der Waals surface area (Å²) in [5, 5.41) is 6.07. The van der Waals surface area contributed by atoms with E-state index in [0.29, 0.717) is 12.3 Å². The molecule has 0 aliphatic carbocycles. The van der Waals surface area contributed by atoms with Gasteiger partial charge in [-0.2, -0.15) is 0 Å². The molecule has 0 fully saturated rings. The first-order valence-corrected chi connectivity index (χ1v) is 9.20. The maximum absolute atomic E-state index is 12.2. The Morgan fingerprint density at radius 1 is 0.893 bits per heavy atom. The molecule has 144 valence electrons. The second kappa shape index (κ2) is 10.0. The van der Waals surface area contributed by atoms with E-state index in [2.05, 4.69) is 10.6 Å². The van der Waals surface area contributed by atoms with Gasteiger partial charge in [0.05, 0.1) is 19.3 Å². The molecule has 0 radical (unpaired) electrons. The molecule has 5 nitrogen and oxygen atoms in total. The summed E-state index contributed by atoms with van der Waals surface area (Å²) in [5.74, 6) is 2.18. The first kappa shape index (κ1) is 19.3. The van der Waals surface area contributed by atoms with Gasteiger partial charge in [-0.05, 0) is 48.4 Å². The molecule has 0 atom stereocenters. The highest BCUT2D eigenvalue weighted by molar-refractivity contribution is 5.81. The molecule has 0 aliphatic rings. The minimum atomic E-state index is -0.0718. The van der Waals surface area contributed by atoms with Gasteiger partial charge in [-0.1, -0.05) is 42.5 Å². The lowest BCUT2D eigenvalue weighted by Gasteiger charge is -2.13. The molecule has 5 heteroatoms. The number of carbonyl (C=O) groups excluding carboxylic acids is 1. The molecular weight excluding hydrogens is 352 g/mol. The third-order valence-corrected chi connectivity index (χ3v) is 4.17. The standard InChI is InChI=1S/C23H24N2O3/c1-27-20-11-7-8-18(16-20)14-15-24-23(26)17-25-21-12-5-6-13-22(21)28-19-9-3-2-4-10-19/h2-13,16,25H,14-15,17H2,1H3,(H,24,26). The van der Waals surface area contributed by atoms with E-state index in [4.69, 9.17) is 9.47 Å². The summed E-state index contributed by atoms with van der Waals surface area (Å²) in [5.41, 5.74) is 1.89. The normalized spacial score (nSPS) is 10.2. The molecule has 1 amide bonds. The molecule has 2 N–H and O–H groups in total. The second-order valence-electron chi connectivity index (χ2n) is 6.22. The van der Waals surface area contributed by atoms with Gasteiger partial charge in [-0.25, -0.2) is 0 Å². The van der Waals surface area contributed by atoms with E-state index >= 15 is 0 Å². The van der Waals surface area contributed by atoms with Crippen LogP contribution in [-0.2, 0) is 11.2 Å². The van der Waals surface area contributed by atoms with Crippen molar-refractivity contribution < 1.29 is 14.3 Å². The number of hydrogen-bond acceptors (Lipinski definition) is 4. The van der Waals surface area contributed by atoms with Crippen LogP contribution in [0.15, 0.2) is 78.9 Å². The van der Waals surface area contributed by atoms with Gasteiger partial charge < -0.3 is 20.1 Å². The minimum absolute atomic E-state index is 0.0718. The van der Waals surface area contributed by atoms with Crippen molar-refractivity contribution in [3.8, 4) is 17.2 Å². The van der Waals surface area contributed by atoms with Crippen LogP contribution in [0, 0.1) is 0 Å². The summed E-state index contributed by atoms with van der Waals surface area (Å²) in [6, 6.07) is 25.0. The SMILES string of the molecule is COc1cccc(CCNC(=O)CNc2ccccc2Oc2ccccc2)c1. The molecule has 0 saturated carbocycles. The summed E-state index contributed by atoms with van der Waals surface area (Å²) in [4.78, 5) is 12.2. The summed E-state index contributed by atoms with van der Waals surface area (Å²) in [7, 11) is 1.64. The van der Waals surface area contributed by atoms with Gasteiger partial charge in [0.1, 0.15) is 11.5 Å². The average molecular weight is 376 g/mol. The van der Waals surface area contributed by atoms with Crippen molar-refractivity contribution in [2.45, 2.75) is 6.42 Å². The minimum Gasteiger partial charge on any atom is -0.497 e. The Hall–Kier alpha value is -3.47. The highest BCUT2D eigenvalue weighted by Crippen LogP contribution is 2.28. The monoisotopic (exact) mass is 376 g/mol. The summed E-state index contributed by atoms with van der Waals surface area (Å²) in [6.45, 7) is 0.739. The fraction of sp³-hybridized carbons (Fsp3) is 0.174. The first-order chi connectivity index (χ1) is 13.7. The Balaban J connectivity index is 1.48. The van der Waals surface area contributed by atoms with Crippen molar-refractivity contribution in [2.24, 2.45) is 0 Å². The number of para-hydroxylation sites is 3. The maximum atomic E-state index is 12.2. The first-order valence-electron chi connectivity index (χ1n) is 9.20. The van der Waals surface area contributed by atoms with E-state index < -0.39 is 0 Å². The van der Waals surface area contributed by atoms with E-state index in [-0.39, 0.29) is 12.5 Å². The van der Waals surface area contributed by atoms with Gasteiger partial charge in [0.2, 0.25) is 5.91 Å². The van der Waals surface area contributed by atoms with Gasteiger partial charge in [0.25, 0.3) is 0 Å². The van der Waals surface area contributed by atoms with Crippen LogP contribution in [0.25, 0.3) is 0 Å². The number of benzene rings is 3. The predicted octanol–water partition coefficient (Wildman–Crippen LogP) is 4.26. The van der Waals surface area contributed by atoms with E-state index in [9.17, 15) is 4.79 Å². The topological polar surface area (TPSA) is 59.6 Å². The molecule has 3 rings (SSSR count). The van der Waals surface area contributed by atoms with E-state index in [1.165, 1.54) is 0 Å². The van der Waals surface area contributed by atoms with Gasteiger partial charge in [0.15, 0.2) is 5.75 Å². The molecule has 0 spiro atoms. The average Bonchev–Trinajstić information content (AvgIpc) is 2.74. The Morgan fingerprint density at radius 2 is 1.64 bits per heavy atom. The molecular formula is C23H24N2O3. The van der Waals surface area contributed by atoms with Crippen LogP contribution in [0.5, 0.6) is 17.2 Å². The summed E-state index contributed by atoms with van der Waals surface area (Å²) in [6.07, 6.45) is 0.747. The van der Waals surface area contributed by atoms with Crippen molar-refractivity contribution >= 4 is 11.6 Å². The quantitative estimate of drug-likeness (QED) is 0.586. The largest absolute Gasteiger partial charge is 0.497 e. The van der Waals surface area contributed by atoms with Crippen molar-refractivity contribution in [3.05, 3.63) is 84.4 Å². The highest BCUT2D eigenvalue weighted by Gasteiger charge is 2.07. The van der Waals surface area contributed by atoms with Crippen LogP contribution in [0.3, 0.4) is 0 Å². The molecule has 3 aromatic carbocycles. The fourth-order valence-corrected chi connectivity index (χ4v) is 2.73. The van der Waals surface area contributed by atoms with Crippen LogP contribution < -0.4 is 20.1 Å². The Labute approximate surface area is 165 Å². The van der Waals surface area contributed by atoms with Crippen molar-refractivity contribution in [3.63, 3.8) is 0 Å². The predicted molar refractivity (Wildman–Crippen MR) is 111 cm³/mol. The number of amides is 1. The number of rotatable bonds is 9. The van der Waals surface area contributed by atoms with Crippen molar-refractivity contribution in [1.29, 1.82) is 0 Å². The lowest BCUT2D eigenvalue weighted by Crippen LogP contribution is -2.31. The number of methoxy groups -OCH3 is 1. The van der Waals surface area contributed by atoms with Gasteiger partial charge in [-0.15, -0.1) is 0 Å². The van der Waals surface area contributed by atoms with Gasteiger partial charge in [-0.3, -0.25) is 4.79 Å². The molecule has 0 aliphatic heterocycles. The Kier molecular flexibility index (Phi) is 6.90. The van der Waals surface area contributed by atoms with E-state index in [0.717, 1.165) is 29.2 Å². The third kappa shape index (κ3) is 5.77. The lowest BCUT2D eigenvalue weighted by atomic mass is 10.1. The number of anilines is 1. The number of carbonyl (C=O) groups is 1. The fourth-order valence-electron chi connectivity index (χ4n) is 2.73. The molecule has 0 saturated heterocycles. The van der Waals surface area contributed by atoms with Crippen LogP contribution in [0.1, 0.15) is 5.56 Å². The molecule has 3 aromatic rings. The molecule has 28 heavy (non-hydrogen) atoms. The van der Waals surface area contributed by atoms with Crippen LogP contribution in [0.2, 0.25) is 0 Å². The van der Waals surface area contributed by atoms with Crippen molar-refractivity contribution in [2.75, 3.05) is 25.5 Å². The molecule has 0 heterocycles. The van der Waals surface area contributed by atoms with E-state index in [1.807, 2.05) is 78.9 Å². The number of ether oxygens (including phenoxy) is 2. The summed E-state index contributed by atoms with van der Waals surface area (Å²) >= 11 is 0. The smallest absolute Gasteiger partial charge is 0.239 e. The molecule has 0 unspecified atom stereocenters. The zero-order valence-electron chi connectivity index (χ0n) is 15.9. The van der Waals surface area contributed by atoms with Crippen LogP contribution in [0.4, 0.5) is 5.69 Å². The molecule has 0 bridgehead atoms. The van der Waals surface area contributed by atoms with Crippen molar-refractivity contribution in [1.82, 2.24) is 5.32 Å².